The van der Waals surface area contributed by atoms with Crippen molar-refractivity contribution in [2.75, 3.05) is 41.7 Å². The van der Waals surface area contributed by atoms with Crippen LogP contribution in [0.25, 0.3) is 10.9 Å². The molecule has 1 fully saturated rings. The van der Waals surface area contributed by atoms with Crippen LogP contribution in [0, 0.1) is 0 Å². The molecule has 4 heterocycles. The number of anilines is 4. The van der Waals surface area contributed by atoms with Crippen molar-refractivity contribution in [1.29, 1.82) is 0 Å². The van der Waals surface area contributed by atoms with E-state index in [4.69, 9.17) is 0 Å². The quantitative estimate of drug-likeness (QED) is 0.369. The molecule has 4 rings (SSSR count). The van der Waals surface area contributed by atoms with Crippen LogP contribution in [0.4, 0.5) is 23.3 Å². The van der Waals surface area contributed by atoms with E-state index in [1.54, 1.807) is 43.3 Å². The number of hydrogen-bond donors (Lipinski definition) is 4. The second-order valence-corrected chi connectivity index (χ2v) is 9.47. The van der Waals surface area contributed by atoms with Gasteiger partial charge in [-0.2, -0.15) is 0 Å². The number of aliphatic hydroxyl groups excluding tert-OH is 2. The normalized spacial score (nSPS) is 16.8. The molecule has 1 aliphatic rings. The average molecular weight is 495 g/mol. The fraction of sp³-hybridized carbons (Fsp3) is 0.480. The molecule has 0 radical (unpaired) electrons. The number of aromatic nitrogens is 4. The Hall–Kier alpha value is -3.41. The van der Waals surface area contributed by atoms with Crippen LogP contribution in [0.1, 0.15) is 45.9 Å². The molecule has 1 aliphatic heterocycles. The summed E-state index contributed by atoms with van der Waals surface area (Å²) in [7, 11) is 0. The largest absolute Gasteiger partial charge is 0.392 e. The molecule has 0 saturated carbocycles. The number of nitrogens with one attached hydrogen (secondary N) is 2. The summed E-state index contributed by atoms with van der Waals surface area (Å²) >= 11 is 0. The van der Waals surface area contributed by atoms with E-state index in [-0.39, 0.29) is 11.9 Å². The van der Waals surface area contributed by atoms with Crippen molar-refractivity contribution in [3.05, 3.63) is 36.3 Å². The molecule has 3 aromatic rings. The molecule has 192 valence electrons. The van der Waals surface area contributed by atoms with E-state index < -0.39 is 12.2 Å². The number of fused-ring (bicyclic) bond motifs is 1. The van der Waals surface area contributed by atoms with E-state index >= 15 is 0 Å². The van der Waals surface area contributed by atoms with Crippen LogP contribution >= 0.6 is 0 Å². The summed E-state index contributed by atoms with van der Waals surface area (Å²) < 4.78 is 0. The predicted octanol–water partition coefficient (Wildman–Crippen LogP) is 2.46. The van der Waals surface area contributed by atoms with Gasteiger partial charge in [0, 0.05) is 50.2 Å². The van der Waals surface area contributed by atoms with E-state index in [0.717, 1.165) is 11.1 Å². The number of hydrogen-bond acceptors (Lipinski definition) is 10. The number of pyridine rings is 2. The van der Waals surface area contributed by atoms with Crippen molar-refractivity contribution >= 4 is 40.1 Å². The molecular weight excluding hydrogens is 460 g/mol. The zero-order valence-corrected chi connectivity index (χ0v) is 21.1. The highest BCUT2D eigenvalue weighted by Crippen LogP contribution is 2.26. The van der Waals surface area contributed by atoms with Crippen molar-refractivity contribution in [2.45, 2.75) is 52.4 Å². The zero-order chi connectivity index (χ0) is 25.8. The van der Waals surface area contributed by atoms with Gasteiger partial charge in [-0.15, -0.1) is 0 Å². The first kappa shape index (κ1) is 25.7. The lowest BCUT2D eigenvalue weighted by Gasteiger charge is -2.22. The highest BCUT2D eigenvalue weighted by Gasteiger charge is 2.23. The van der Waals surface area contributed by atoms with Gasteiger partial charge in [0.2, 0.25) is 11.9 Å². The number of amides is 1. The maximum Gasteiger partial charge on any atom is 0.229 e. The summed E-state index contributed by atoms with van der Waals surface area (Å²) in [5, 5.41) is 26.8. The first-order chi connectivity index (χ1) is 17.2. The van der Waals surface area contributed by atoms with Gasteiger partial charge >= 0.3 is 0 Å². The summed E-state index contributed by atoms with van der Waals surface area (Å²) in [6.07, 6.45) is 2.61. The number of aliphatic hydroxyl groups is 2. The Labute approximate surface area is 210 Å². The minimum absolute atomic E-state index is 0.0395. The number of rotatable bonds is 8. The van der Waals surface area contributed by atoms with Gasteiger partial charge in [-0.05, 0) is 45.9 Å². The van der Waals surface area contributed by atoms with Crippen LogP contribution in [0.3, 0.4) is 0 Å². The molecule has 0 aromatic carbocycles. The first-order valence-corrected chi connectivity index (χ1v) is 12.3. The number of nitrogens with zero attached hydrogens (tertiary/aromatic N) is 6. The van der Waals surface area contributed by atoms with Crippen molar-refractivity contribution in [1.82, 2.24) is 24.8 Å². The lowest BCUT2D eigenvalue weighted by atomic mass is 10.2. The predicted molar refractivity (Wildman–Crippen MR) is 139 cm³/mol. The van der Waals surface area contributed by atoms with E-state index in [9.17, 15) is 15.0 Å². The molecule has 1 amide bonds. The zero-order valence-electron chi connectivity index (χ0n) is 21.1. The van der Waals surface area contributed by atoms with Crippen LogP contribution < -0.4 is 15.5 Å². The summed E-state index contributed by atoms with van der Waals surface area (Å²) in [5.41, 5.74) is 1.91. The second kappa shape index (κ2) is 11.1. The molecule has 0 bridgehead atoms. The van der Waals surface area contributed by atoms with Crippen molar-refractivity contribution in [2.24, 2.45) is 0 Å². The first-order valence-electron chi connectivity index (χ1n) is 12.3. The molecule has 4 N–H and O–H groups in total. The highest BCUT2D eigenvalue weighted by atomic mass is 16.3. The van der Waals surface area contributed by atoms with Gasteiger partial charge in [0.25, 0.3) is 0 Å². The Bertz CT molecular complexity index is 1200. The van der Waals surface area contributed by atoms with Gasteiger partial charge in [0.05, 0.1) is 29.8 Å². The Morgan fingerprint density at radius 3 is 2.50 bits per heavy atom. The SMILES string of the molecule is CC(C)Nc1nc([C@@H](C)O)cc2cnc(Nc3ccc(N4CCN(C[C@H](C)O)CCC4=O)cn3)nc12. The van der Waals surface area contributed by atoms with Crippen LogP contribution in [0.2, 0.25) is 0 Å². The maximum absolute atomic E-state index is 12.7. The average Bonchev–Trinajstić information content (AvgIpc) is 3.00. The van der Waals surface area contributed by atoms with Crippen LogP contribution in [0.15, 0.2) is 30.6 Å². The molecule has 36 heavy (non-hydrogen) atoms. The van der Waals surface area contributed by atoms with E-state index in [2.05, 4.69) is 35.5 Å². The van der Waals surface area contributed by atoms with Gasteiger partial charge in [-0.3, -0.25) is 9.69 Å². The summed E-state index contributed by atoms with van der Waals surface area (Å²) in [6.45, 7) is 9.86. The molecular formula is C25H34N8O3. The number of carbonyl (C=O) groups is 1. The van der Waals surface area contributed by atoms with Gasteiger partial charge in [0.15, 0.2) is 5.82 Å². The molecule has 11 nitrogen and oxygen atoms in total. The number of β-amino-alcohol motifs (C(OH)–C–C–N with tert-alkyl or cyclic N) is 1. The van der Waals surface area contributed by atoms with Crippen LogP contribution in [-0.4, -0.2) is 79.3 Å². The summed E-state index contributed by atoms with van der Waals surface area (Å²) in [4.78, 5) is 34.5. The third-order valence-electron chi connectivity index (χ3n) is 5.84. The maximum atomic E-state index is 12.7. The molecule has 3 aromatic heterocycles. The highest BCUT2D eigenvalue weighted by molar-refractivity contribution is 5.93. The van der Waals surface area contributed by atoms with Gasteiger partial charge in [-0.1, -0.05) is 0 Å². The Morgan fingerprint density at radius 1 is 1.03 bits per heavy atom. The molecule has 0 aliphatic carbocycles. The lowest BCUT2D eigenvalue weighted by Crippen LogP contribution is -2.35. The molecule has 2 atom stereocenters. The standard InChI is InChI=1S/C25H34N8O3/c1-15(2)28-24-23-18(11-20(29-24)17(4)35)12-27-25(31-23)30-21-6-5-19(13-26-21)33-10-9-32(14-16(3)34)8-7-22(33)36/h5-6,11-13,15-17,34-35H,7-10,14H2,1-4H3,(H,28,29)(H,26,27,30,31)/t16-,17+/m0/s1. The molecule has 0 unspecified atom stereocenters. The van der Waals surface area contributed by atoms with E-state index in [1.165, 1.54) is 0 Å². The number of carbonyl (C=O) groups excluding carboxylic acids is 1. The van der Waals surface area contributed by atoms with Crippen molar-refractivity contribution in [3.63, 3.8) is 0 Å². The smallest absolute Gasteiger partial charge is 0.229 e. The van der Waals surface area contributed by atoms with Crippen LogP contribution in [0.5, 0.6) is 0 Å². The lowest BCUT2D eigenvalue weighted by molar-refractivity contribution is -0.118. The van der Waals surface area contributed by atoms with Crippen molar-refractivity contribution in [3.8, 4) is 0 Å². The van der Waals surface area contributed by atoms with E-state index in [0.29, 0.717) is 61.4 Å². The van der Waals surface area contributed by atoms with Gasteiger partial charge in [0.1, 0.15) is 11.3 Å². The minimum Gasteiger partial charge on any atom is -0.392 e. The summed E-state index contributed by atoms with van der Waals surface area (Å²) in [5.74, 6) is 1.53. The third-order valence-corrected chi connectivity index (χ3v) is 5.84. The minimum atomic E-state index is -0.708. The van der Waals surface area contributed by atoms with Gasteiger partial charge in [-0.25, -0.2) is 19.9 Å². The van der Waals surface area contributed by atoms with Crippen molar-refractivity contribution < 1.29 is 15.0 Å². The molecule has 0 spiro atoms. The van der Waals surface area contributed by atoms with Crippen LogP contribution in [-0.2, 0) is 4.79 Å². The topological polar surface area (TPSA) is 140 Å². The fourth-order valence-electron chi connectivity index (χ4n) is 4.14. The van der Waals surface area contributed by atoms with Gasteiger partial charge < -0.3 is 25.7 Å². The Kier molecular flexibility index (Phi) is 7.92. The Morgan fingerprint density at radius 2 is 1.83 bits per heavy atom. The summed E-state index contributed by atoms with van der Waals surface area (Å²) in [6, 6.07) is 5.55. The second-order valence-electron chi connectivity index (χ2n) is 9.47. The molecule has 1 saturated heterocycles. The van der Waals surface area contributed by atoms with E-state index in [1.807, 2.05) is 19.9 Å². The molecule has 11 heteroatoms. The monoisotopic (exact) mass is 494 g/mol. The fourth-order valence-corrected chi connectivity index (χ4v) is 4.14. The Balaban J connectivity index is 1.51. The third kappa shape index (κ3) is 6.23.